The molecule has 0 aromatic heterocycles. The van der Waals surface area contributed by atoms with Crippen molar-refractivity contribution in [2.75, 3.05) is 59.4 Å². The summed E-state index contributed by atoms with van der Waals surface area (Å²) in [5, 5.41) is 5.41. The molecule has 0 bridgehead atoms. The molecule has 3 rings (SSSR count). The van der Waals surface area contributed by atoms with Gasteiger partial charge in [-0.25, -0.2) is 14.4 Å². The topological polar surface area (TPSA) is 131 Å². The molecule has 0 aliphatic heterocycles. The number of hydrogen-bond donors (Lipinski definition) is 2. The second-order valence-electron chi connectivity index (χ2n) is 11.6. The Balaban J connectivity index is 1.38. The van der Waals surface area contributed by atoms with E-state index in [1.807, 2.05) is 31.2 Å². The number of ether oxygens (including phenoxy) is 6. The van der Waals surface area contributed by atoms with Crippen molar-refractivity contribution in [3.05, 3.63) is 59.7 Å². The van der Waals surface area contributed by atoms with Crippen LogP contribution in [0.15, 0.2) is 48.5 Å². The molecule has 0 spiro atoms. The van der Waals surface area contributed by atoms with Crippen LogP contribution in [0.5, 0.6) is 0 Å². The van der Waals surface area contributed by atoms with Gasteiger partial charge in [0.1, 0.15) is 17.7 Å². The fourth-order valence-electron chi connectivity index (χ4n) is 5.05. The number of carbonyl (C=O) groups is 3. The molecule has 45 heavy (non-hydrogen) atoms. The monoisotopic (exact) mass is 628 g/mol. The van der Waals surface area contributed by atoms with Gasteiger partial charge in [0.15, 0.2) is 0 Å². The first kappa shape index (κ1) is 35.8. The largest absolute Gasteiger partial charge is 0.464 e. The Morgan fingerprint density at radius 2 is 1.29 bits per heavy atom. The van der Waals surface area contributed by atoms with E-state index in [2.05, 4.69) is 34.9 Å². The van der Waals surface area contributed by atoms with E-state index < -0.39 is 29.3 Å². The number of alkyl carbamates (subject to hydrolysis) is 2. The normalized spacial score (nSPS) is 13.7. The van der Waals surface area contributed by atoms with Gasteiger partial charge in [0.25, 0.3) is 0 Å². The number of hydrogen-bond acceptors (Lipinski definition) is 9. The predicted octanol–water partition coefficient (Wildman–Crippen LogP) is 5.20. The molecular formula is C34H48N2O9. The predicted molar refractivity (Wildman–Crippen MR) is 169 cm³/mol. The molecule has 0 heterocycles. The van der Waals surface area contributed by atoms with Crippen LogP contribution in [0.25, 0.3) is 11.1 Å². The van der Waals surface area contributed by atoms with Gasteiger partial charge in [0.2, 0.25) is 0 Å². The third-order valence-electron chi connectivity index (χ3n) is 7.29. The van der Waals surface area contributed by atoms with Crippen molar-refractivity contribution in [2.24, 2.45) is 0 Å². The van der Waals surface area contributed by atoms with Crippen molar-refractivity contribution in [1.29, 1.82) is 0 Å². The van der Waals surface area contributed by atoms with Gasteiger partial charge in [-0.05, 0) is 56.4 Å². The van der Waals surface area contributed by atoms with E-state index in [0.29, 0.717) is 46.0 Å². The number of carbonyl (C=O) groups excluding carboxylic acids is 3. The van der Waals surface area contributed by atoms with Gasteiger partial charge in [-0.15, -0.1) is 0 Å². The lowest BCUT2D eigenvalue weighted by molar-refractivity contribution is -0.152. The van der Waals surface area contributed by atoms with E-state index in [9.17, 15) is 14.4 Å². The lowest BCUT2D eigenvalue weighted by Gasteiger charge is -2.31. The van der Waals surface area contributed by atoms with Gasteiger partial charge in [-0.3, -0.25) is 0 Å². The van der Waals surface area contributed by atoms with Gasteiger partial charge in [-0.1, -0.05) is 55.5 Å². The third-order valence-corrected chi connectivity index (χ3v) is 7.29. The number of benzene rings is 2. The first-order valence-electron chi connectivity index (χ1n) is 15.6. The van der Waals surface area contributed by atoms with E-state index in [1.54, 1.807) is 27.7 Å². The summed E-state index contributed by atoms with van der Waals surface area (Å²) in [6, 6.07) is 16.2. The van der Waals surface area contributed by atoms with Crippen molar-refractivity contribution < 1.29 is 42.8 Å². The number of amides is 2. The molecule has 0 saturated carbocycles. The average molecular weight is 629 g/mol. The minimum absolute atomic E-state index is 0.0931. The highest BCUT2D eigenvalue weighted by molar-refractivity contribution is 5.86. The summed E-state index contributed by atoms with van der Waals surface area (Å²) < 4.78 is 32.8. The van der Waals surface area contributed by atoms with Crippen molar-refractivity contribution in [2.45, 2.75) is 64.5 Å². The smallest absolute Gasteiger partial charge is 0.408 e. The van der Waals surface area contributed by atoms with Gasteiger partial charge in [-0.2, -0.15) is 0 Å². The molecule has 11 heteroatoms. The molecule has 2 amide bonds. The Kier molecular flexibility index (Phi) is 14.1. The van der Waals surface area contributed by atoms with Gasteiger partial charge in [0.05, 0.1) is 39.6 Å². The zero-order valence-electron chi connectivity index (χ0n) is 27.1. The summed E-state index contributed by atoms with van der Waals surface area (Å²) in [6.07, 6.45) is -0.657. The van der Waals surface area contributed by atoms with E-state index in [4.69, 9.17) is 28.4 Å². The highest BCUT2D eigenvalue weighted by atomic mass is 16.6. The number of fused-ring (bicyclic) bond motifs is 3. The highest BCUT2D eigenvalue weighted by Crippen LogP contribution is 2.44. The minimum atomic E-state index is -1.29. The summed E-state index contributed by atoms with van der Waals surface area (Å²) in [5.41, 5.74) is 2.65. The van der Waals surface area contributed by atoms with E-state index in [-0.39, 0.29) is 32.2 Å². The maximum Gasteiger partial charge on any atom is 0.408 e. The van der Waals surface area contributed by atoms with Crippen LogP contribution in [0.1, 0.15) is 64.5 Å². The summed E-state index contributed by atoms with van der Waals surface area (Å²) in [7, 11) is 0. The van der Waals surface area contributed by atoms with E-state index in [0.717, 1.165) is 22.3 Å². The van der Waals surface area contributed by atoms with Crippen LogP contribution >= 0.6 is 0 Å². The van der Waals surface area contributed by atoms with Crippen LogP contribution in [-0.2, 0) is 33.2 Å². The van der Waals surface area contributed by atoms with Gasteiger partial charge >= 0.3 is 18.2 Å². The Morgan fingerprint density at radius 1 is 0.733 bits per heavy atom. The van der Waals surface area contributed by atoms with E-state index in [1.165, 1.54) is 0 Å². The van der Waals surface area contributed by atoms with Gasteiger partial charge in [0, 0.05) is 25.5 Å². The summed E-state index contributed by atoms with van der Waals surface area (Å²) in [6.45, 7) is 11.5. The maximum absolute atomic E-state index is 13.1. The lowest BCUT2D eigenvalue weighted by atomic mass is 9.92. The molecule has 0 saturated heterocycles. The average Bonchev–Trinajstić information content (AvgIpc) is 3.32. The highest BCUT2D eigenvalue weighted by Gasteiger charge is 2.40. The summed E-state index contributed by atoms with van der Waals surface area (Å²) >= 11 is 0. The summed E-state index contributed by atoms with van der Waals surface area (Å²) in [4.78, 5) is 37.7. The van der Waals surface area contributed by atoms with E-state index >= 15 is 0 Å². The van der Waals surface area contributed by atoms with Crippen molar-refractivity contribution in [3.8, 4) is 11.1 Å². The number of rotatable bonds is 18. The molecule has 0 fully saturated rings. The molecule has 0 radical (unpaired) electrons. The molecule has 1 aliphatic carbocycles. The quantitative estimate of drug-likeness (QED) is 0.130. The Labute approximate surface area is 266 Å². The van der Waals surface area contributed by atoms with Crippen LogP contribution < -0.4 is 10.6 Å². The second-order valence-corrected chi connectivity index (χ2v) is 11.6. The molecule has 2 aromatic rings. The molecule has 2 aromatic carbocycles. The number of esters is 1. The van der Waals surface area contributed by atoms with Crippen LogP contribution in [0.2, 0.25) is 0 Å². The SMILES string of the molecule is CCOC(=O)[C@](CC)(CCOCCOCCOCCNC(=O)OC(C)(C)C)NC(=O)OCC1c2ccccc2-c2ccccc21. The standard InChI is InChI=1S/C34H48N2O9/c1-6-34(30(37)43-7-2,16-18-40-20-22-42-23-21-41-19-17-35-31(38)45-33(3,4)5)36-32(39)44-24-29-27-14-10-8-12-25(27)26-13-9-11-15-28(26)29/h8-15,29H,6-7,16-24H2,1-5H3,(H,35,38)(H,36,39)/t34-/m0/s1. The zero-order chi connectivity index (χ0) is 32.7. The van der Waals surface area contributed by atoms with Crippen LogP contribution in [0.3, 0.4) is 0 Å². The lowest BCUT2D eigenvalue weighted by Crippen LogP contribution is -2.56. The fourth-order valence-corrected chi connectivity index (χ4v) is 5.05. The van der Waals surface area contributed by atoms with Crippen molar-refractivity contribution >= 4 is 18.2 Å². The zero-order valence-corrected chi connectivity index (χ0v) is 27.1. The molecule has 2 N–H and O–H groups in total. The Hall–Kier alpha value is -3.67. The van der Waals surface area contributed by atoms with Gasteiger partial charge < -0.3 is 39.1 Å². The molecule has 11 nitrogen and oxygen atoms in total. The fraction of sp³-hybridized carbons (Fsp3) is 0.559. The van der Waals surface area contributed by atoms with Crippen LogP contribution in [0.4, 0.5) is 9.59 Å². The minimum Gasteiger partial charge on any atom is -0.464 e. The first-order chi connectivity index (χ1) is 21.6. The molecule has 1 aliphatic rings. The van der Waals surface area contributed by atoms with Crippen LogP contribution in [-0.4, -0.2) is 88.7 Å². The van der Waals surface area contributed by atoms with Crippen molar-refractivity contribution in [1.82, 2.24) is 10.6 Å². The number of nitrogens with one attached hydrogen (secondary N) is 2. The Bertz CT molecular complexity index is 1200. The summed E-state index contributed by atoms with van der Waals surface area (Å²) in [5.74, 6) is -0.622. The van der Waals surface area contributed by atoms with Crippen molar-refractivity contribution in [3.63, 3.8) is 0 Å². The third kappa shape index (κ3) is 11.0. The molecular weight excluding hydrogens is 580 g/mol. The Morgan fingerprint density at radius 3 is 1.84 bits per heavy atom. The second kappa shape index (κ2) is 17.7. The molecule has 1 atom stereocenters. The first-order valence-corrected chi connectivity index (χ1v) is 15.6. The molecule has 0 unspecified atom stereocenters. The molecule has 248 valence electrons. The van der Waals surface area contributed by atoms with Crippen LogP contribution in [0, 0.1) is 0 Å². The maximum atomic E-state index is 13.1.